The summed E-state index contributed by atoms with van der Waals surface area (Å²) in [6, 6.07) is 1.64. The van der Waals surface area contributed by atoms with Crippen molar-refractivity contribution < 1.29 is 9.13 Å². The van der Waals surface area contributed by atoms with E-state index < -0.39 is 0 Å². The number of fused-ring (bicyclic) bond motifs is 1. The van der Waals surface area contributed by atoms with Crippen LogP contribution in [-0.2, 0) is 11.2 Å². The van der Waals surface area contributed by atoms with E-state index in [9.17, 15) is 4.39 Å². The van der Waals surface area contributed by atoms with E-state index in [1.54, 1.807) is 6.07 Å². The number of rotatable bonds is 3. The molecule has 0 spiro atoms. The number of ether oxygens (including phenoxy) is 1. The van der Waals surface area contributed by atoms with Crippen LogP contribution >= 0.6 is 11.3 Å². The van der Waals surface area contributed by atoms with E-state index >= 15 is 0 Å². The van der Waals surface area contributed by atoms with Crippen molar-refractivity contribution in [2.45, 2.75) is 19.4 Å². The highest BCUT2D eigenvalue weighted by atomic mass is 32.1. The van der Waals surface area contributed by atoms with Gasteiger partial charge in [0.25, 0.3) is 0 Å². The molecule has 1 aliphatic heterocycles. The van der Waals surface area contributed by atoms with Crippen LogP contribution in [0, 0.1) is 5.13 Å². The molecule has 1 N–H and O–H groups in total. The van der Waals surface area contributed by atoms with Crippen LogP contribution in [0.4, 0.5) is 4.39 Å². The minimum atomic E-state index is -0.0954. The first kappa shape index (κ1) is 10.1. The predicted molar refractivity (Wildman–Crippen MR) is 55.2 cm³/mol. The van der Waals surface area contributed by atoms with Gasteiger partial charge < -0.3 is 10.1 Å². The quantitative estimate of drug-likeness (QED) is 0.833. The van der Waals surface area contributed by atoms with Crippen molar-refractivity contribution in [3.05, 3.63) is 21.6 Å². The predicted octanol–water partition coefficient (Wildman–Crippen LogP) is 2.11. The van der Waals surface area contributed by atoms with Crippen molar-refractivity contribution in [2.24, 2.45) is 0 Å². The van der Waals surface area contributed by atoms with Crippen molar-refractivity contribution >= 4 is 11.3 Å². The zero-order chi connectivity index (χ0) is 9.97. The first-order valence-electron chi connectivity index (χ1n) is 4.91. The van der Waals surface area contributed by atoms with Crippen LogP contribution in [-0.4, -0.2) is 19.7 Å². The summed E-state index contributed by atoms with van der Waals surface area (Å²) in [7, 11) is 0. The summed E-state index contributed by atoms with van der Waals surface area (Å²) in [5.74, 6) is 0. The van der Waals surface area contributed by atoms with Gasteiger partial charge in [0.2, 0.25) is 0 Å². The second-order valence-electron chi connectivity index (χ2n) is 3.36. The number of hydrogen-bond acceptors (Lipinski definition) is 3. The molecule has 0 radical (unpaired) electrons. The normalized spacial score (nSPS) is 20.9. The maximum absolute atomic E-state index is 13.0. The Morgan fingerprint density at radius 2 is 2.57 bits per heavy atom. The van der Waals surface area contributed by atoms with Crippen LogP contribution in [0.2, 0.25) is 0 Å². The molecule has 1 aromatic heterocycles. The molecular formula is C10H14FNOS. The number of likely N-dealkylation sites (N-methyl/N-ethyl adjacent to an activating group) is 1. The van der Waals surface area contributed by atoms with Crippen LogP contribution in [0.1, 0.15) is 23.5 Å². The van der Waals surface area contributed by atoms with Crippen molar-refractivity contribution in [3.8, 4) is 0 Å². The zero-order valence-electron chi connectivity index (χ0n) is 8.18. The molecule has 0 aliphatic carbocycles. The van der Waals surface area contributed by atoms with Gasteiger partial charge in [0.15, 0.2) is 5.13 Å². The number of nitrogens with one attached hydrogen (secondary N) is 1. The van der Waals surface area contributed by atoms with E-state index in [1.807, 2.05) is 0 Å². The van der Waals surface area contributed by atoms with Crippen LogP contribution < -0.4 is 5.32 Å². The molecule has 0 bridgehead atoms. The van der Waals surface area contributed by atoms with Gasteiger partial charge in [-0.3, -0.25) is 0 Å². The first-order chi connectivity index (χ1) is 6.81. The molecule has 2 nitrogen and oxygen atoms in total. The van der Waals surface area contributed by atoms with Gasteiger partial charge in [0.1, 0.15) is 6.10 Å². The van der Waals surface area contributed by atoms with Crippen molar-refractivity contribution in [1.82, 2.24) is 5.32 Å². The smallest absolute Gasteiger partial charge is 0.177 e. The van der Waals surface area contributed by atoms with Crippen molar-refractivity contribution in [2.75, 3.05) is 19.7 Å². The Morgan fingerprint density at radius 1 is 1.71 bits per heavy atom. The Bertz CT molecular complexity index is 313. The molecular weight excluding hydrogens is 201 g/mol. The molecule has 1 atom stereocenters. The third-order valence-electron chi connectivity index (χ3n) is 2.37. The maximum atomic E-state index is 13.0. The monoisotopic (exact) mass is 215 g/mol. The molecule has 1 aliphatic rings. The van der Waals surface area contributed by atoms with E-state index in [-0.39, 0.29) is 11.2 Å². The molecule has 1 unspecified atom stereocenters. The van der Waals surface area contributed by atoms with Crippen molar-refractivity contribution in [1.29, 1.82) is 0 Å². The van der Waals surface area contributed by atoms with Crippen LogP contribution in [0.15, 0.2) is 6.07 Å². The van der Waals surface area contributed by atoms with Crippen molar-refractivity contribution in [3.63, 3.8) is 0 Å². The first-order valence-corrected chi connectivity index (χ1v) is 5.73. The Kier molecular flexibility index (Phi) is 3.15. The molecule has 4 heteroatoms. The van der Waals surface area contributed by atoms with Gasteiger partial charge in [0, 0.05) is 11.4 Å². The summed E-state index contributed by atoms with van der Waals surface area (Å²) in [6.45, 7) is 4.46. The van der Waals surface area contributed by atoms with Gasteiger partial charge >= 0.3 is 0 Å². The van der Waals surface area contributed by atoms with E-state index in [0.717, 1.165) is 30.0 Å². The lowest BCUT2D eigenvalue weighted by Gasteiger charge is -2.22. The topological polar surface area (TPSA) is 21.3 Å². The molecule has 78 valence electrons. The third kappa shape index (κ3) is 1.97. The Labute approximate surface area is 87.1 Å². The lowest BCUT2D eigenvalue weighted by Crippen LogP contribution is -2.26. The SMILES string of the molecule is CCNCC1OCCc2cc(F)sc21. The summed E-state index contributed by atoms with van der Waals surface area (Å²) in [4.78, 5) is 1.06. The Morgan fingerprint density at radius 3 is 3.36 bits per heavy atom. The molecule has 0 fully saturated rings. The highest BCUT2D eigenvalue weighted by molar-refractivity contribution is 7.10. The minimum Gasteiger partial charge on any atom is -0.371 e. The fourth-order valence-electron chi connectivity index (χ4n) is 1.69. The lowest BCUT2D eigenvalue weighted by molar-refractivity contribution is 0.0459. The van der Waals surface area contributed by atoms with Gasteiger partial charge in [-0.25, -0.2) is 0 Å². The molecule has 2 heterocycles. The zero-order valence-corrected chi connectivity index (χ0v) is 8.99. The van der Waals surface area contributed by atoms with Crippen LogP contribution in [0.25, 0.3) is 0 Å². The van der Waals surface area contributed by atoms with E-state index in [4.69, 9.17) is 4.74 Å². The Hall–Kier alpha value is -0.450. The minimum absolute atomic E-state index is 0.0493. The van der Waals surface area contributed by atoms with E-state index in [1.165, 1.54) is 11.3 Å². The Balaban J connectivity index is 2.13. The molecule has 0 aromatic carbocycles. The van der Waals surface area contributed by atoms with Gasteiger partial charge in [-0.15, -0.1) is 11.3 Å². The maximum Gasteiger partial charge on any atom is 0.177 e. The standard InChI is InChI=1S/C10H14FNOS/c1-2-12-6-8-10-7(3-4-13-8)5-9(11)14-10/h5,8,12H,2-4,6H2,1H3. The lowest BCUT2D eigenvalue weighted by atomic mass is 10.1. The summed E-state index contributed by atoms with van der Waals surface area (Å²) in [6.07, 6.45) is 0.895. The fraction of sp³-hybridized carbons (Fsp3) is 0.600. The number of hydrogen-bond donors (Lipinski definition) is 1. The largest absolute Gasteiger partial charge is 0.371 e. The number of halogens is 1. The van der Waals surface area contributed by atoms with Gasteiger partial charge in [0.05, 0.1) is 6.61 Å². The van der Waals surface area contributed by atoms with Gasteiger partial charge in [-0.05, 0) is 24.6 Å². The van der Waals surface area contributed by atoms with Crippen LogP contribution in [0.5, 0.6) is 0 Å². The molecule has 14 heavy (non-hydrogen) atoms. The fourth-order valence-corrected chi connectivity index (χ4v) is 2.68. The molecule has 0 saturated carbocycles. The van der Waals surface area contributed by atoms with Crippen LogP contribution in [0.3, 0.4) is 0 Å². The molecule has 2 rings (SSSR count). The van der Waals surface area contributed by atoms with E-state index in [0.29, 0.717) is 6.61 Å². The molecule has 0 amide bonds. The number of thiophene rings is 1. The summed E-state index contributed by atoms with van der Waals surface area (Å²) in [5.41, 5.74) is 1.13. The molecule has 1 aromatic rings. The second kappa shape index (κ2) is 4.38. The summed E-state index contributed by atoms with van der Waals surface area (Å²) >= 11 is 1.22. The van der Waals surface area contributed by atoms with Gasteiger partial charge in [-0.2, -0.15) is 4.39 Å². The second-order valence-corrected chi connectivity index (χ2v) is 4.39. The highest BCUT2D eigenvalue weighted by Gasteiger charge is 2.23. The summed E-state index contributed by atoms with van der Waals surface area (Å²) in [5, 5.41) is 3.13. The highest BCUT2D eigenvalue weighted by Crippen LogP contribution is 2.33. The van der Waals surface area contributed by atoms with Gasteiger partial charge in [-0.1, -0.05) is 6.92 Å². The third-order valence-corrected chi connectivity index (χ3v) is 3.43. The summed E-state index contributed by atoms with van der Waals surface area (Å²) < 4.78 is 18.6. The average Bonchev–Trinajstić information content (AvgIpc) is 2.55. The average molecular weight is 215 g/mol. The molecule has 0 saturated heterocycles. The van der Waals surface area contributed by atoms with E-state index in [2.05, 4.69) is 12.2 Å².